The Morgan fingerprint density at radius 1 is 0.961 bits per heavy atom. The summed E-state index contributed by atoms with van der Waals surface area (Å²) in [4.78, 5) is 26.4. The molecule has 5 saturated carbocycles. The van der Waals surface area contributed by atoms with Crippen molar-refractivity contribution in [1.82, 2.24) is 15.5 Å². The molecule has 12 heteroatoms. The molecular weight excluding hydrogens is 663 g/mol. The lowest BCUT2D eigenvalue weighted by molar-refractivity contribution is -0.184. The number of alkyl carbamates (subject to hydrolysis) is 2. The van der Waals surface area contributed by atoms with Crippen LogP contribution in [0.15, 0.2) is 0 Å². The minimum atomic E-state index is -4.25. The van der Waals surface area contributed by atoms with Gasteiger partial charge < -0.3 is 30.0 Å². The Labute approximate surface area is 302 Å². The van der Waals surface area contributed by atoms with Crippen LogP contribution in [0, 0.1) is 56.7 Å². The molecule has 5 aliphatic carbocycles. The van der Waals surface area contributed by atoms with Crippen molar-refractivity contribution in [2.24, 2.45) is 56.7 Å². The van der Waals surface area contributed by atoms with Gasteiger partial charge in [-0.15, -0.1) is 0 Å². The molecule has 0 aromatic rings. The highest BCUT2D eigenvalue weighted by Crippen LogP contribution is 2.89. The molecule has 1 heterocycles. The highest BCUT2D eigenvalue weighted by molar-refractivity contribution is 5.68. The number of ether oxygens (including phenoxy) is 3. The van der Waals surface area contributed by atoms with Crippen molar-refractivity contribution in [2.75, 3.05) is 33.3 Å². The van der Waals surface area contributed by atoms with Gasteiger partial charge in [0.05, 0.1) is 31.4 Å². The van der Waals surface area contributed by atoms with Gasteiger partial charge in [-0.05, 0) is 90.8 Å². The number of hydrogen-bond acceptors (Lipinski definition) is 7. The standard InChI is InChI=1S/C39H64F3N3O6/c1-10-23(4)29-30(49-19-25(22(2)3)50-32(47)43-9)31(46)36(8)27-12-11-26-34(5,6)28(13-14-37(26)20-38(27,37)16-15-35(29,36)7)51-33(48)44-24-17-45(18-24)21-39(40,41)42/h22-31,46H,10-21H2,1-9H3,(H,43,47)(H,44,48)/t23-,25?,26?,27?,28?,29+,30?,31+,35?,36-,37?,38?/m1/s1. The third kappa shape index (κ3) is 6.07. The summed E-state index contributed by atoms with van der Waals surface area (Å²) in [6, 6.07) is -0.332. The van der Waals surface area contributed by atoms with Gasteiger partial charge in [-0.3, -0.25) is 4.90 Å². The van der Waals surface area contributed by atoms with Gasteiger partial charge >= 0.3 is 18.4 Å². The average Bonchev–Trinajstić information content (AvgIpc) is 3.66. The van der Waals surface area contributed by atoms with Crippen molar-refractivity contribution >= 4 is 12.2 Å². The van der Waals surface area contributed by atoms with E-state index >= 15 is 0 Å². The van der Waals surface area contributed by atoms with Gasteiger partial charge in [0.1, 0.15) is 12.2 Å². The van der Waals surface area contributed by atoms with E-state index in [-0.39, 0.29) is 76.9 Å². The van der Waals surface area contributed by atoms with E-state index < -0.39 is 37.1 Å². The number of fused-ring (bicyclic) bond motifs is 2. The minimum Gasteiger partial charge on any atom is -0.446 e. The molecule has 9 nitrogen and oxygen atoms in total. The molecule has 8 unspecified atom stereocenters. The molecule has 3 N–H and O–H groups in total. The first-order valence-electron chi connectivity index (χ1n) is 19.6. The Kier molecular flexibility index (Phi) is 10.1. The molecule has 51 heavy (non-hydrogen) atoms. The first-order chi connectivity index (χ1) is 23.7. The van der Waals surface area contributed by atoms with Gasteiger partial charge in [0.25, 0.3) is 0 Å². The van der Waals surface area contributed by atoms with Crippen molar-refractivity contribution in [3.05, 3.63) is 0 Å². The highest BCUT2D eigenvalue weighted by Gasteiger charge is 2.84. The first-order valence-corrected chi connectivity index (χ1v) is 19.6. The van der Waals surface area contributed by atoms with Crippen LogP contribution in [0.1, 0.15) is 107 Å². The van der Waals surface area contributed by atoms with E-state index in [4.69, 9.17) is 14.2 Å². The third-order valence-electron chi connectivity index (χ3n) is 16.1. The molecule has 2 amide bonds. The topological polar surface area (TPSA) is 109 Å². The fourth-order valence-electron chi connectivity index (χ4n) is 13.2. The zero-order valence-electron chi connectivity index (χ0n) is 32.3. The van der Waals surface area contributed by atoms with Crippen molar-refractivity contribution in [3.63, 3.8) is 0 Å². The first kappa shape index (κ1) is 38.9. The summed E-state index contributed by atoms with van der Waals surface area (Å²) < 4.78 is 56.7. The number of carbonyl (C=O) groups is 2. The van der Waals surface area contributed by atoms with Crippen molar-refractivity contribution in [3.8, 4) is 0 Å². The monoisotopic (exact) mass is 727 g/mol. The number of carbonyl (C=O) groups excluding carboxylic acids is 2. The van der Waals surface area contributed by atoms with Crippen molar-refractivity contribution in [2.45, 2.75) is 143 Å². The number of aliphatic hydroxyl groups excluding tert-OH is 1. The summed E-state index contributed by atoms with van der Waals surface area (Å²) in [5.74, 6) is 1.28. The largest absolute Gasteiger partial charge is 0.446 e. The Balaban J connectivity index is 1.17. The zero-order chi connectivity index (χ0) is 37.5. The smallest absolute Gasteiger partial charge is 0.407 e. The number of halogens is 3. The number of alkyl halides is 3. The number of hydrogen-bond donors (Lipinski definition) is 3. The number of rotatable bonds is 10. The molecule has 6 aliphatic rings. The fraction of sp³-hybridized carbons (Fsp3) is 0.949. The van der Waals surface area contributed by atoms with Gasteiger partial charge in [-0.25, -0.2) is 9.59 Å². The molecule has 6 rings (SSSR count). The average molecular weight is 728 g/mol. The van der Waals surface area contributed by atoms with E-state index in [0.717, 1.165) is 51.4 Å². The summed E-state index contributed by atoms with van der Waals surface area (Å²) >= 11 is 0. The molecule has 1 saturated heterocycles. The molecule has 6 fully saturated rings. The second kappa shape index (κ2) is 13.2. The van der Waals surface area contributed by atoms with Crippen LogP contribution in [0.5, 0.6) is 0 Å². The quantitative estimate of drug-likeness (QED) is 0.219. The van der Waals surface area contributed by atoms with Gasteiger partial charge in [-0.1, -0.05) is 61.8 Å². The maximum Gasteiger partial charge on any atom is 0.407 e. The van der Waals surface area contributed by atoms with Crippen LogP contribution in [0.2, 0.25) is 0 Å². The van der Waals surface area contributed by atoms with E-state index in [1.54, 1.807) is 7.05 Å². The van der Waals surface area contributed by atoms with Crippen LogP contribution < -0.4 is 10.6 Å². The molecule has 1 aliphatic heterocycles. The van der Waals surface area contributed by atoms with Crippen molar-refractivity contribution < 1.29 is 42.1 Å². The lowest BCUT2D eigenvalue weighted by Crippen LogP contribution is -2.62. The van der Waals surface area contributed by atoms with Gasteiger partial charge in [-0.2, -0.15) is 13.2 Å². The minimum absolute atomic E-state index is 0.0570. The maximum atomic E-state index is 13.0. The van der Waals surface area contributed by atoms with E-state index in [1.165, 1.54) is 4.90 Å². The predicted molar refractivity (Wildman–Crippen MR) is 187 cm³/mol. The Bertz CT molecular complexity index is 1330. The van der Waals surface area contributed by atoms with E-state index in [0.29, 0.717) is 17.8 Å². The molecule has 292 valence electrons. The summed E-state index contributed by atoms with van der Waals surface area (Å²) in [6.07, 6.45) is 1.06. The van der Waals surface area contributed by atoms with Crippen LogP contribution >= 0.6 is 0 Å². The van der Waals surface area contributed by atoms with Crippen LogP contribution in [-0.2, 0) is 14.2 Å². The number of amides is 2. The molecule has 12 atom stereocenters. The molecule has 0 aromatic heterocycles. The second-order valence-corrected chi connectivity index (χ2v) is 18.9. The summed E-state index contributed by atoms with van der Waals surface area (Å²) in [7, 11) is 1.55. The number of likely N-dealkylation sites (tertiary alicyclic amines) is 1. The molecule has 0 bridgehead atoms. The normalized spacial score (nSPS) is 42.7. The van der Waals surface area contributed by atoms with E-state index in [1.807, 2.05) is 13.8 Å². The number of nitrogens with one attached hydrogen (secondary N) is 2. The maximum absolute atomic E-state index is 13.0. The Morgan fingerprint density at radius 2 is 1.61 bits per heavy atom. The van der Waals surface area contributed by atoms with Crippen LogP contribution in [-0.4, -0.2) is 92.1 Å². The molecular formula is C39H64F3N3O6. The van der Waals surface area contributed by atoms with Crippen LogP contribution in [0.3, 0.4) is 0 Å². The van der Waals surface area contributed by atoms with Gasteiger partial charge in [0, 0.05) is 31.0 Å². The predicted octanol–water partition coefficient (Wildman–Crippen LogP) is 7.16. The molecule has 0 aromatic carbocycles. The highest BCUT2D eigenvalue weighted by atomic mass is 19.4. The van der Waals surface area contributed by atoms with E-state index in [2.05, 4.69) is 52.2 Å². The zero-order valence-corrected chi connectivity index (χ0v) is 32.3. The Hall–Kier alpha value is -1.79. The number of aliphatic hydroxyl groups is 1. The summed E-state index contributed by atoms with van der Waals surface area (Å²) in [5, 5.41) is 18.0. The summed E-state index contributed by atoms with van der Waals surface area (Å²) in [5.41, 5.74) is -0.474. The van der Waals surface area contributed by atoms with Crippen LogP contribution in [0.4, 0.5) is 22.8 Å². The molecule has 2 spiro atoms. The van der Waals surface area contributed by atoms with Gasteiger partial charge in [0.15, 0.2) is 0 Å². The van der Waals surface area contributed by atoms with E-state index in [9.17, 15) is 27.9 Å². The van der Waals surface area contributed by atoms with Crippen LogP contribution in [0.25, 0.3) is 0 Å². The lowest BCUT2D eigenvalue weighted by atomic mass is 9.41. The Morgan fingerprint density at radius 3 is 2.22 bits per heavy atom. The van der Waals surface area contributed by atoms with Crippen molar-refractivity contribution in [1.29, 1.82) is 0 Å². The second-order valence-electron chi connectivity index (χ2n) is 18.9. The molecule has 0 radical (unpaired) electrons. The third-order valence-corrected chi connectivity index (χ3v) is 16.1. The fourth-order valence-corrected chi connectivity index (χ4v) is 13.2. The number of nitrogens with zero attached hydrogens (tertiary/aromatic N) is 1. The SMILES string of the molecule is CC[C@@H](C)[C@H]1C(OCC(OC(=O)NC)C(C)C)[C@H](O)[C@@]2(C)C3CCC4C(C)(C)C(OC(=O)NC5CN(CC(F)(F)F)C5)CCC45CC35CCC12C. The lowest BCUT2D eigenvalue weighted by Gasteiger charge is -2.63. The van der Waals surface area contributed by atoms with Gasteiger partial charge in [0.2, 0.25) is 0 Å². The summed E-state index contributed by atoms with van der Waals surface area (Å²) in [6.45, 7) is 17.4.